The highest BCUT2D eigenvalue weighted by atomic mass is 19.1. The van der Waals surface area contributed by atoms with Gasteiger partial charge in [0.15, 0.2) is 0 Å². The highest BCUT2D eigenvalue weighted by molar-refractivity contribution is 6.03. The molecule has 0 aliphatic carbocycles. The number of rotatable bonds is 5. The molecule has 6 heteroatoms. The largest absolute Gasteiger partial charge is 0.478 e. The van der Waals surface area contributed by atoms with Crippen molar-refractivity contribution in [1.82, 2.24) is 0 Å². The van der Waals surface area contributed by atoms with Crippen molar-refractivity contribution in [3.8, 4) is 0 Å². The van der Waals surface area contributed by atoms with E-state index in [1.165, 1.54) is 12.1 Å². The third-order valence-electron chi connectivity index (χ3n) is 2.76. The fraction of sp³-hybridized carbons (Fsp3) is 0.385. The minimum atomic E-state index is -1.44. The Morgan fingerprint density at radius 3 is 2.63 bits per heavy atom. The Labute approximate surface area is 110 Å². The second kappa shape index (κ2) is 5.79. The molecule has 104 valence electrons. The highest BCUT2D eigenvalue weighted by Gasteiger charge is 2.28. The van der Waals surface area contributed by atoms with Gasteiger partial charge in [0, 0.05) is 0 Å². The van der Waals surface area contributed by atoms with Crippen LogP contribution < -0.4 is 11.1 Å². The summed E-state index contributed by atoms with van der Waals surface area (Å²) in [6, 6.07) is 3.67. The molecule has 1 aromatic carbocycles. The molecule has 4 N–H and O–H groups in total. The number of amides is 1. The number of anilines is 1. The van der Waals surface area contributed by atoms with E-state index >= 15 is 0 Å². The van der Waals surface area contributed by atoms with E-state index in [0.717, 1.165) is 6.07 Å². The zero-order chi connectivity index (χ0) is 14.6. The van der Waals surface area contributed by atoms with Gasteiger partial charge in [-0.15, -0.1) is 0 Å². The fourth-order valence-electron chi connectivity index (χ4n) is 1.74. The molecule has 0 radical (unpaired) electrons. The number of carboxylic acids is 1. The first-order valence-corrected chi connectivity index (χ1v) is 5.91. The van der Waals surface area contributed by atoms with Gasteiger partial charge >= 0.3 is 5.97 Å². The highest BCUT2D eigenvalue weighted by Crippen LogP contribution is 2.21. The normalized spacial score (nSPS) is 13.7. The minimum Gasteiger partial charge on any atom is -0.478 e. The lowest BCUT2D eigenvalue weighted by Crippen LogP contribution is -2.48. The Morgan fingerprint density at radius 2 is 2.11 bits per heavy atom. The van der Waals surface area contributed by atoms with Crippen LogP contribution in [0.2, 0.25) is 0 Å². The second-order valence-electron chi connectivity index (χ2n) is 4.59. The van der Waals surface area contributed by atoms with Crippen molar-refractivity contribution in [2.75, 3.05) is 5.32 Å². The van der Waals surface area contributed by atoms with E-state index in [0.29, 0.717) is 12.8 Å². The maximum Gasteiger partial charge on any atom is 0.340 e. The van der Waals surface area contributed by atoms with E-state index in [1.807, 2.05) is 6.92 Å². The van der Waals surface area contributed by atoms with Crippen molar-refractivity contribution in [3.63, 3.8) is 0 Å². The van der Waals surface area contributed by atoms with Crippen molar-refractivity contribution in [3.05, 3.63) is 29.6 Å². The van der Waals surface area contributed by atoms with Crippen LogP contribution in [-0.2, 0) is 4.79 Å². The van der Waals surface area contributed by atoms with E-state index in [9.17, 15) is 14.0 Å². The zero-order valence-corrected chi connectivity index (χ0v) is 10.9. The molecule has 0 aliphatic heterocycles. The topological polar surface area (TPSA) is 92.4 Å². The summed E-state index contributed by atoms with van der Waals surface area (Å²) in [7, 11) is 0. The Kier molecular flexibility index (Phi) is 4.61. The molecule has 5 nitrogen and oxygen atoms in total. The molecule has 0 aliphatic rings. The number of halogens is 1. The maximum absolute atomic E-state index is 13.4. The average Bonchev–Trinajstić information content (AvgIpc) is 2.28. The summed E-state index contributed by atoms with van der Waals surface area (Å²) in [4.78, 5) is 22.9. The van der Waals surface area contributed by atoms with Gasteiger partial charge in [0.05, 0.1) is 11.2 Å². The Balaban J connectivity index is 3.04. The van der Waals surface area contributed by atoms with Crippen molar-refractivity contribution in [1.29, 1.82) is 0 Å². The van der Waals surface area contributed by atoms with E-state index in [4.69, 9.17) is 10.8 Å². The van der Waals surface area contributed by atoms with Crippen LogP contribution >= 0.6 is 0 Å². The Hall–Kier alpha value is -1.95. The molecular weight excluding hydrogens is 251 g/mol. The van der Waals surface area contributed by atoms with Crippen LogP contribution in [-0.4, -0.2) is 22.5 Å². The van der Waals surface area contributed by atoms with Gasteiger partial charge in [0.2, 0.25) is 5.91 Å². The average molecular weight is 268 g/mol. The number of benzene rings is 1. The van der Waals surface area contributed by atoms with Crippen molar-refractivity contribution in [2.24, 2.45) is 5.73 Å². The molecule has 0 heterocycles. The summed E-state index contributed by atoms with van der Waals surface area (Å²) in [5.41, 5.74) is 4.04. The molecule has 1 aromatic rings. The molecule has 1 amide bonds. The van der Waals surface area contributed by atoms with Gasteiger partial charge in [-0.1, -0.05) is 19.4 Å². The van der Waals surface area contributed by atoms with Crippen LogP contribution in [0.3, 0.4) is 0 Å². The first-order valence-electron chi connectivity index (χ1n) is 5.91. The van der Waals surface area contributed by atoms with Crippen LogP contribution in [0, 0.1) is 5.82 Å². The predicted molar refractivity (Wildman–Crippen MR) is 69.5 cm³/mol. The summed E-state index contributed by atoms with van der Waals surface area (Å²) in [5.74, 6) is -2.88. The van der Waals surface area contributed by atoms with Gasteiger partial charge in [-0.05, 0) is 25.5 Å². The summed E-state index contributed by atoms with van der Waals surface area (Å²) >= 11 is 0. The number of hydrogen-bond acceptors (Lipinski definition) is 3. The van der Waals surface area contributed by atoms with Crippen molar-refractivity contribution >= 4 is 17.6 Å². The molecule has 0 bridgehead atoms. The van der Waals surface area contributed by atoms with Crippen LogP contribution in [0.5, 0.6) is 0 Å². The fourth-order valence-corrected chi connectivity index (χ4v) is 1.74. The van der Waals surface area contributed by atoms with Crippen molar-refractivity contribution < 1.29 is 19.1 Å². The molecule has 19 heavy (non-hydrogen) atoms. The van der Waals surface area contributed by atoms with E-state index in [1.54, 1.807) is 6.92 Å². The van der Waals surface area contributed by atoms with E-state index < -0.39 is 28.8 Å². The lowest BCUT2D eigenvalue weighted by Gasteiger charge is -2.23. The molecule has 1 atom stereocenters. The number of nitrogens with two attached hydrogens (primary N) is 1. The predicted octanol–water partition coefficient (Wildman–Crippen LogP) is 1.98. The van der Waals surface area contributed by atoms with Gasteiger partial charge in [-0.3, -0.25) is 4.79 Å². The molecular formula is C13H17FN2O3. The summed E-state index contributed by atoms with van der Waals surface area (Å²) in [6.07, 6.45) is 1.14. The van der Waals surface area contributed by atoms with Gasteiger partial charge in [-0.25, -0.2) is 9.18 Å². The van der Waals surface area contributed by atoms with E-state index in [-0.39, 0.29) is 5.69 Å². The molecule has 0 saturated heterocycles. The number of carbonyl (C=O) groups excluding carboxylic acids is 1. The Morgan fingerprint density at radius 1 is 1.47 bits per heavy atom. The van der Waals surface area contributed by atoms with Gasteiger partial charge in [-0.2, -0.15) is 0 Å². The minimum absolute atomic E-state index is 0.0923. The maximum atomic E-state index is 13.4. The van der Waals surface area contributed by atoms with Crippen LogP contribution in [0.4, 0.5) is 10.1 Å². The quantitative estimate of drug-likeness (QED) is 0.761. The number of carboxylic acid groups (broad SMARTS) is 1. The van der Waals surface area contributed by atoms with Crippen molar-refractivity contribution in [2.45, 2.75) is 32.2 Å². The van der Waals surface area contributed by atoms with Crippen LogP contribution in [0.15, 0.2) is 18.2 Å². The lowest BCUT2D eigenvalue weighted by atomic mass is 9.96. The smallest absolute Gasteiger partial charge is 0.340 e. The summed E-state index contributed by atoms with van der Waals surface area (Å²) < 4.78 is 13.4. The molecule has 1 rings (SSSR count). The summed E-state index contributed by atoms with van der Waals surface area (Å²) in [6.45, 7) is 3.43. The summed E-state index contributed by atoms with van der Waals surface area (Å²) in [5, 5.41) is 11.3. The van der Waals surface area contributed by atoms with Gasteiger partial charge in [0.25, 0.3) is 0 Å². The number of nitrogens with one attached hydrogen (secondary N) is 1. The first kappa shape index (κ1) is 15.1. The monoisotopic (exact) mass is 268 g/mol. The zero-order valence-electron chi connectivity index (χ0n) is 10.9. The number of carbonyl (C=O) groups is 2. The molecule has 0 spiro atoms. The number of hydrogen-bond donors (Lipinski definition) is 3. The van der Waals surface area contributed by atoms with E-state index in [2.05, 4.69) is 5.32 Å². The SMILES string of the molecule is CCCC(C)(N)C(=O)Nc1cccc(F)c1C(=O)O. The third-order valence-corrected chi connectivity index (χ3v) is 2.76. The lowest BCUT2D eigenvalue weighted by molar-refractivity contribution is -0.120. The van der Waals surface area contributed by atoms with Crippen LogP contribution in [0.1, 0.15) is 37.0 Å². The molecule has 0 fully saturated rings. The molecule has 0 aromatic heterocycles. The standard InChI is InChI=1S/C13H17FN2O3/c1-3-7-13(2,15)12(19)16-9-6-4-5-8(14)10(9)11(17)18/h4-6H,3,7,15H2,1-2H3,(H,16,19)(H,17,18). The number of aromatic carboxylic acids is 1. The third kappa shape index (κ3) is 3.51. The molecule has 1 unspecified atom stereocenters. The Bertz CT molecular complexity index is 501. The molecule has 0 saturated carbocycles. The first-order chi connectivity index (χ1) is 8.79. The van der Waals surface area contributed by atoms with Gasteiger partial charge in [0.1, 0.15) is 11.4 Å². The van der Waals surface area contributed by atoms with Crippen LogP contribution in [0.25, 0.3) is 0 Å². The van der Waals surface area contributed by atoms with Gasteiger partial charge < -0.3 is 16.2 Å². The second-order valence-corrected chi connectivity index (χ2v) is 4.59.